The Morgan fingerprint density at radius 1 is 1.44 bits per heavy atom. The molecular weight excluding hydrogens is 276 g/mol. The second-order valence-electron chi connectivity index (χ2n) is 3.87. The first kappa shape index (κ1) is 11.3. The maximum Gasteiger partial charge on any atom is 0.274 e. The molecule has 1 aliphatic rings. The fraction of sp³-hybridized carbons (Fsp3) is 0.400. The molecule has 16 heavy (non-hydrogen) atoms. The van der Waals surface area contributed by atoms with Crippen molar-refractivity contribution >= 4 is 21.6 Å². The standard InChI is InChI=1S/C10H11BrN2O3/c11-6-1-8(13(14)15)5-9(2-6)16-10-3-7(12)4-10/h1-2,5,7,10H,3-4,12H2. The summed E-state index contributed by atoms with van der Waals surface area (Å²) in [6.07, 6.45) is 1.70. The van der Waals surface area contributed by atoms with Gasteiger partial charge in [0.15, 0.2) is 0 Å². The van der Waals surface area contributed by atoms with Crippen molar-refractivity contribution in [3.8, 4) is 5.75 Å². The van der Waals surface area contributed by atoms with Crippen molar-refractivity contribution < 1.29 is 9.66 Å². The lowest BCUT2D eigenvalue weighted by atomic mass is 9.90. The monoisotopic (exact) mass is 286 g/mol. The smallest absolute Gasteiger partial charge is 0.274 e. The number of halogens is 1. The van der Waals surface area contributed by atoms with Crippen LogP contribution in [0.5, 0.6) is 5.75 Å². The molecule has 0 unspecified atom stereocenters. The summed E-state index contributed by atoms with van der Waals surface area (Å²) in [5, 5.41) is 10.6. The number of benzene rings is 1. The quantitative estimate of drug-likeness (QED) is 0.683. The number of hydrogen-bond acceptors (Lipinski definition) is 4. The van der Waals surface area contributed by atoms with Crippen LogP contribution in [-0.2, 0) is 0 Å². The number of nitrogens with two attached hydrogens (primary N) is 1. The van der Waals surface area contributed by atoms with E-state index >= 15 is 0 Å². The highest BCUT2D eigenvalue weighted by atomic mass is 79.9. The third-order valence-corrected chi connectivity index (χ3v) is 2.96. The number of nitro groups is 1. The molecule has 0 radical (unpaired) electrons. The molecule has 0 amide bonds. The number of rotatable bonds is 3. The molecule has 1 aliphatic carbocycles. The number of nitro benzene ring substituents is 1. The van der Waals surface area contributed by atoms with Gasteiger partial charge in [-0.1, -0.05) is 15.9 Å². The number of hydrogen-bond donors (Lipinski definition) is 1. The van der Waals surface area contributed by atoms with Gasteiger partial charge in [-0.3, -0.25) is 10.1 Å². The lowest BCUT2D eigenvalue weighted by Gasteiger charge is -2.32. The summed E-state index contributed by atoms with van der Waals surface area (Å²) in [5.74, 6) is 0.512. The van der Waals surface area contributed by atoms with Gasteiger partial charge in [-0.25, -0.2) is 0 Å². The van der Waals surface area contributed by atoms with E-state index in [1.54, 1.807) is 6.07 Å². The Labute approximate surface area is 101 Å². The Hall–Kier alpha value is -1.14. The fourth-order valence-electron chi connectivity index (χ4n) is 1.62. The first-order valence-electron chi connectivity index (χ1n) is 4.92. The molecule has 1 fully saturated rings. The summed E-state index contributed by atoms with van der Waals surface area (Å²) in [7, 11) is 0. The molecule has 1 aromatic rings. The van der Waals surface area contributed by atoms with E-state index in [0.29, 0.717) is 10.2 Å². The Kier molecular flexibility index (Phi) is 3.11. The van der Waals surface area contributed by atoms with Crippen LogP contribution >= 0.6 is 15.9 Å². The first-order valence-corrected chi connectivity index (χ1v) is 5.71. The van der Waals surface area contributed by atoms with Crippen LogP contribution in [0, 0.1) is 10.1 Å². The van der Waals surface area contributed by atoms with Crippen molar-refractivity contribution in [2.75, 3.05) is 0 Å². The molecule has 2 N–H and O–H groups in total. The van der Waals surface area contributed by atoms with Crippen molar-refractivity contribution in [1.29, 1.82) is 0 Å². The van der Waals surface area contributed by atoms with Crippen molar-refractivity contribution in [2.24, 2.45) is 5.73 Å². The third-order valence-electron chi connectivity index (χ3n) is 2.50. The minimum Gasteiger partial charge on any atom is -0.490 e. The highest BCUT2D eigenvalue weighted by molar-refractivity contribution is 9.10. The van der Waals surface area contributed by atoms with Crippen molar-refractivity contribution in [2.45, 2.75) is 25.0 Å². The summed E-state index contributed by atoms with van der Waals surface area (Å²) in [4.78, 5) is 10.2. The van der Waals surface area contributed by atoms with Crippen LogP contribution in [0.3, 0.4) is 0 Å². The second-order valence-corrected chi connectivity index (χ2v) is 4.79. The molecular formula is C10H11BrN2O3. The topological polar surface area (TPSA) is 78.4 Å². The van der Waals surface area contributed by atoms with Crippen LogP contribution in [0.1, 0.15) is 12.8 Å². The predicted octanol–water partition coefficient (Wildman–Crippen LogP) is 2.23. The zero-order valence-electron chi connectivity index (χ0n) is 8.43. The van der Waals surface area contributed by atoms with Crippen molar-refractivity contribution in [3.63, 3.8) is 0 Å². The molecule has 1 aromatic carbocycles. The summed E-state index contributed by atoms with van der Waals surface area (Å²) in [6.45, 7) is 0. The molecule has 0 atom stereocenters. The van der Waals surface area contributed by atoms with Gasteiger partial charge in [0.25, 0.3) is 5.69 Å². The largest absolute Gasteiger partial charge is 0.490 e. The van der Waals surface area contributed by atoms with E-state index in [9.17, 15) is 10.1 Å². The van der Waals surface area contributed by atoms with E-state index in [1.165, 1.54) is 12.1 Å². The zero-order chi connectivity index (χ0) is 11.7. The van der Waals surface area contributed by atoms with Crippen LogP contribution < -0.4 is 10.5 Å². The number of ether oxygens (including phenoxy) is 1. The summed E-state index contributed by atoms with van der Waals surface area (Å²) in [5.41, 5.74) is 5.65. The zero-order valence-corrected chi connectivity index (χ0v) is 10.0. The van der Waals surface area contributed by atoms with Crippen molar-refractivity contribution in [1.82, 2.24) is 0 Å². The molecule has 0 saturated heterocycles. The van der Waals surface area contributed by atoms with Gasteiger partial charge < -0.3 is 10.5 Å². The molecule has 6 heteroatoms. The van der Waals surface area contributed by atoms with E-state index in [2.05, 4.69) is 15.9 Å². The molecule has 86 valence electrons. The molecule has 0 bridgehead atoms. The lowest BCUT2D eigenvalue weighted by Crippen LogP contribution is -2.43. The highest BCUT2D eigenvalue weighted by Crippen LogP contribution is 2.30. The molecule has 0 heterocycles. The van der Waals surface area contributed by atoms with Crippen molar-refractivity contribution in [3.05, 3.63) is 32.8 Å². The van der Waals surface area contributed by atoms with Gasteiger partial charge >= 0.3 is 0 Å². The minimum atomic E-state index is -0.440. The maximum atomic E-state index is 10.6. The fourth-order valence-corrected chi connectivity index (χ4v) is 2.08. The number of non-ortho nitro benzene ring substituents is 1. The highest BCUT2D eigenvalue weighted by Gasteiger charge is 2.28. The van der Waals surface area contributed by atoms with Crippen LogP contribution in [0.15, 0.2) is 22.7 Å². The molecule has 1 saturated carbocycles. The lowest BCUT2D eigenvalue weighted by molar-refractivity contribution is -0.385. The van der Waals surface area contributed by atoms with Gasteiger partial charge in [0.2, 0.25) is 0 Å². The Balaban J connectivity index is 2.11. The minimum absolute atomic E-state index is 0.0213. The molecule has 2 rings (SSSR count). The average Bonchev–Trinajstić information content (AvgIpc) is 2.14. The Bertz CT molecular complexity index is 419. The van der Waals surface area contributed by atoms with Gasteiger partial charge in [0.05, 0.1) is 11.0 Å². The van der Waals surface area contributed by atoms with Crippen LogP contribution in [-0.4, -0.2) is 17.1 Å². The van der Waals surface area contributed by atoms with E-state index in [-0.39, 0.29) is 17.8 Å². The second kappa shape index (κ2) is 4.39. The summed E-state index contributed by atoms with van der Waals surface area (Å²) < 4.78 is 6.22. The van der Waals surface area contributed by atoms with E-state index in [0.717, 1.165) is 12.8 Å². The van der Waals surface area contributed by atoms with E-state index < -0.39 is 4.92 Å². The number of nitrogens with zero attached hydrogens (tertiary/aromatic N) is 1. The molecule has 0 spiro atoms. The van der Waals surface area contributed by atoms with Gasteiger partial charge in [0.1, 0.15) is 11.9 Å². The normalized spacial score (nSPS) is 23.6. The molecule has 5 nitrogen and oxygen atoms in total. The van der Waals surface area contributed by atoms with E-state index in [4.69, 9.17) is 10.5 Å². The summed E-state index contributed by atoms with van der Waals surface area (Å²) in [6, 6.07) is 4.79. The third kappa shape index (κ3) is 2.51. The first-order chi connectivity index (χ1) is 7.54. The summed E-state index contributed by atoms with van der Waals surface area (Å²) >= 11 is 3.21. The average molecular weight is 287 g/mol. The molecule has 0 aliphatic heterocycles. The van der Waals surface area contributed by atoms with E-state index in [1.807, 2.05) is 0 Å². The van der Waals surface area contributed by atoms with Gasteiger partial charge in [-0.15, -0.1) is 0 Å². The Morgan fingerprint density at radius 3 is 2.69 bits per heavy atom. The van der Waals surface area contributed by atoms with Gasteiger partial charge in [-0.05, 0) is 18.9 Å². The predicted molar refractivity (Wildman–Crippen MR) is 62.4 cm³/mol. The van der Waals surface area contributed by atoms with Crippen LogP contribution in [0.4, 0.5) is 5.69 Å². The SMILES string of the molecule is NC1CC(Oc2cc(Br)cc([N+](=O)[O-])c2)C1. The maximum absolute atomic E-state index is 10.6. The van der Waals surface area contributed by atoms with Crippen LogP contribution in [0.2, 0.25) is 0 Å². The van der Waals surface area contributed by atoms with Gasteiger partial charge in [0, 0.05) is 16.6 Å². The van der Waals surface area contributed by atoms with Gasteiger partial charge in [-0.2, -0.15) is 0 Å². The Morgan fingerprint density at radius 2 is 2.12 bits per heavy atom. The van der Waals surface area contributed by atoms with Crippen LogP contribution in [0.25, 0.3) is 0 Å². The molecule has 0 aromatic heterocycles.